The number of hydrogen-bond donors (Lipinski definition) is 2. The van der Waals surface area contributed by atoms with Crippen molar-refractivity contribution in [1.82, 2.24) is 15.3 Å². The molecule has 4 rings (SSSR count). The molecule has 3 aromatic carbocycles. The summed E-state index contributed by atoms with van der Waals surface area (Å²) in [7, 11) is 1.50. The number of methoxy groups -OCH3 is 1. The predicted octanol–water partition coefficient (Wildman–Crippen LogP) is 7.89. The van der Waals surface area contributed by atoms with Gasteiger partial charge in [-0.1, -0.05) is 95.8 Å². The highest BCUT2D eigenvalue weighted by atomic mass is 16.5. The number of unbranched alkanes of at least 4 members (excludes halogenated alkanes) is 4. The Kier molecular flexibility index (Phi) is 11.9. The number of benzene rings is 3. The first-order valence-corrected chi connectivity index (χ1v) is 16.0. The first kappa shape index (κ1) is 34.2. The standard InChI is InChI=1S/C38H45N3O5/c1-6-7-8-9-10-21-46-31-18-15-27(16-19-31)29-24-39-35(40-25-29)28-13-11-26(12-14-28)22-33(37(43)44)41-36(42)32-20-17-30(38(2,3)4)23-34(32)45-5/h11-20,23-25,33H,6-10,21-22H2,1-5H3,(H,41,42)(H,43,44)/t33-/m0/s1. The Bertz CT molecular complexity index is 1580. The molecule has 0 aliphatic rings. The number of nitrogens with one attached hydrogen (secondary N) is 1. The average molecular weight is 624 g/mol. The van der Waals surface area contributed by atoms with Gasteiger partial charge in [0.1, 0.15) is 17.5 Å². The van der Waals surface area contributed by atoms with Crippen LogP contribution in [0.25, 0.3) is 22.5 Å². The van der Waals surface area contributed by atoms with Crippen molar-refractivity contribution in [3.8, 4) is 34.0 Å². The first-order chi connectivity index (χ1) is 22.1. The number of nitrogens with zero attached hydrogens (tertiary/aromatic N) is 2. The fraction of sp³-hybridized carbons (Fsp3) is 0.368. The predicted molar refractivity (Wildman–Crippen MR) is 181 cm³/mol. The smallest absolute Gasteiger partial charge is 0.326 e. The Hall–Kier alpha value is -4.72. The van der Waals surface area contributed by atoms with Gasteiger partial charge in [-0.05, 0) is 52.8 Å². The van der Waals surface area contributed by atoms with Gasteiger partial charge in [0.25, 0.3) is 5.91 Å². The molecule has 0 spiro atoms. The number of ether oxygens (including phenoxy) is 2. The molecule has 0 bridgehead atoms. The summed E-state index contributed by atoms with van der Waals surface area (Å²) in [5.41, 5.74) is 4.63. The molecule has 1 heterocycles. The molecule has 0 unspecified atom stereocenters. The van der Waals surface area contributed by atoms with Crippen LogP contribution in [0.2, 0.25) is 0 Å². The number of rotatable bonds is 15. The maximum atomic E-state index is 13.1. The Labute approximate surface area is 272 Å². The molecular formula is C38H45N3O5. The van der Waals surface area contributed by atoms with E-state index in [-0.39, 0.29) is 17.4 Å². The van der Waals surface area contributed by atoms with Crippen LogP contribution in [0.5, 0.6) is 11.5 Å². The Balaban J connectivity index is 1.35. The largest absolute Gasteiger partial charge is 0.496 e. The topological polar surface area (TPSA) is 111 Å². The summed E-state index contributed by atoms with van der Waals surface area (Å²) in [6, 6.07) is 19.6. The molecule has 0 aliphatic carbocycles. The summed E-state index contributed by atoms with van der Waals surface area (Å²) >= 11 is 0. The summed E-state index contributed by atoms with van der Waals surface area (Å²) in [5.74, 6) is 0.195. The summed E-state index contributed by atoms with van der Waals surface area (Å²) < 4.78 is 11.3. The second-order valence-corrected chi connectivity index (χ2v) is 12.5. The molecule has 1 amide bonds. The van der Waals surface area contributed by atoms with E-state index in [0.29, 0.717) is 11.6 Å². The van der Waals surface area contributed by atoms with E-state index in [1.807, 2.05) is 60.7 Å². The quantitative estimate of drug-likeness (QED) is 0.130. The number of aliphatic carboxylic acids is 1. The monoisotopic (exact) mass is 623 g/mol. The average Bonchev–Trinajstić information content (AvgIpc) is 3.06. The van der Waals surface area contributed by atoms with E-state index < -0.39 is 17.9 Å². The SMILES string of the molecule is CCCCCCCOc1ccc(-c2cnc(-c3ccc(C[C@H](NC(=O)c4ccc(C(C)(C)C)cc4OC)C(=O)O)cc3)nc2)cc1. The van der Waals surface area contributed by atoms with E-state index in [0.717, 1.165) is 46.6 Å². The molecule has 0 radical (unpaired) electrons. The van der Waals surface area contributed by atoms with Crippen molar-refractivity contribution in [3.63, 3.8) is 0 Å². The van der Waals surface area contributed by atoms with E-state index in [1.54, 1.807) is 18.5 Å². The number of carbonyl (C=O) groups is 2. The van der Waals surface area contributed by atoms with Gasteiger partial charge in [-0.25, -0.2) is 14.8 Å². The summed E-state index contributed by atoms with van der Waals surface area (Å²) in [6.07, 6.45) is 9.73. The Morgan fingerprint density at radius 1 is 0.848 bits per heavy atom. The second-order valence-electron chi connectivity index (χ2n) is 12.5. The van der Waals surface area contributed by atoms with Crippen molar-refractivity contribution < 1.29 is 24.2 Å². The third kappa shape index (κ3) is 9.39. The third-order valence-corrected chi connectivity index (χ3v) is 7.92. The third-order valence-electron chi connectivity index (χ3n) is 7.92. The lowest BCUT2D eigenvalue weighted by Crippen LogP contribution is -2.42. The van der Waals surface area contributed by atoms with Crippen LogP contribution in [0.4, 0.5) is 0 Å². The first-order valence-electron chi connectivity index (χ1n) is 16.0. The molecule has 8 heteroatoms. The van der Waals surface area contributed by atoms with Crippen LogP contribution in [0, 0.1) is 0 Å². The fourth-order valence-corrected chi connectivity index (χ4v) is 5.07. The van der Waals surface area contributed by atoms with Crippen molar-refractivity contribution >= 4 is 11.9 Å². The minimum atomic E-state index is -1.12. The summed E-state index contributed by atoms with van der Waals surface area (Å²) in [5, 5.41) is 12.5. The number of aromatic nitrogens is 2. The highest BCUT2D eigenvalue weighted by Gasteiger charge is 2.24. The minimum Gasteiger partial charge on any atom is -0.496 e. The van der Waals surface area contributed by atoms with Gasteiger partial charge in [0.2, 0.25) is 0 Å². The van der Waals surface area contributed by atoms with Crippen molar-refractivity contribution in [2.45, 2.75) is 77.7 Å². The van der Waals surface area contributed by atoms with E-state index in [1.165, 1.54) is 32.8 Å². The maximum Gasteiger partial charge on any atom is 0.326 e. The number of hydrogen-bond acceptors (Lipinski definition) is 6. The van der Waals surface area contributed by atoms with Crippen molar-refractivity contribution in [3.05, 3.63) is 95.8 Å². The zero-order chi connectivity index (χ0) is 33.1. The minimum absolute atomic E-state index is 0.113. The van der Waals surface area contributed by atoms with Crippen LogP contribution in [-0.2, 0) is 16.6 Å². The number of carboxylic acid groups (broad SMARTS) is 1. The highest BCUT2D eigenvalue weighted by Crippen LogP contribution is 2.29. The van der Waals surface area contributed by atoms with Crippen LogP contribution >= 0.6 is 0 Å². The van der Waals surface area contributed by atoms with Gasteiger partial charge in [-0.2, -0.15) is 0 Å². The van der Waals surface area contributed by atoms with Crippen LogP contribution < -0.4 is 14.8 Å². The summed E-state index contributed by atoms with van der Waals surface area (Å²) in [6.45, 7) is 9.16. The van der Waals surface area contributed by atoms with Gasteiger partial charge in [0.15, 0.2) is 5.82 Å². The van der Waals surface area contributed by atoms with Gasteiger partial charge < -0.3 is 19.9 Å². The van der Waals surface area contributed by atoms with Crippen LogP contribution in [0.3, 0.4) is 0 Å². The van der Waals surface area contributed by atoms with E-state index >= 15 is 0 Å². The molecular weight excluding hydrogens is 578 g/mol. The fourth-order valence-electron chi connectivity index (χ4n) is 5.07. The normalized spacial score (nSPS) is 11.9. The zero-order valence-corrected chi connectivity index (χ0v) is 27.5. The molecule has 0 saturated carbocycles. The molecule has 8 nitrogen and oxygen atoms in total. The Morgan fingerprint density at radius 2 is 1.50 bits per heavy atom. The second kappa shape index (κ2) is 16.0. The summed E-state index contributed by atoms with van der Waals surface area (Å²) in [4.78, 5) is 34.3. The van der Waals surface area contributed by atoms with Gasteiger partial charge in [0.05, 0.1) is 19.3 Å². The number of amides is 1. The number of carboxylic acids is 1. The van der Waals surface area contributed by atoms with Crippen LogP contribution in [-0.4, -0.2) is 46.7 Å². The van der Waals surface area contributed by atoms with Gasteiger partial charge in [-0.3, -0.25) is 4.79 Å². The molecule has 0 saturated heterocycles. The molecule has 1 atom stereocenters. The zero-order valence-electron chi connectivity index (χ0n) is 27.5. The van der Waals surface area contributed by atoms with Crippen molar-refractivity contribution in [2.75, 3.05) is 13.7 Å². The Morgan fingerprint density at radius 3 is 2.11 bits per heavy atom. The maximum absolute atomic E-state index is 13.1. The van der Waals surface area contributed by atoms with Crippen LogP contribution in [0.1, 0.15) is 81.3 Å². The molecule has 1 aromatic heterocycles. The molecule has 0 aliphatic heterocycles. The van der Waals surface area contributed by atoms with E-state index in [4.69, 9.17) is 9.47 Å². The van der Waals surface area contributed by atoms with E-state index in [2.05, 4.69) is 43.0 Å². The molecule has 4 aromatic rings. The molecule has 242 valence electrons. The number of carbonyl (C=O) groups excluding carboxylic acids is 1. The lowest BCUT2D eigenvalue weighted by atomic mass is 9.86. The lowest BCUT2D eigenvalue weighted by Gasteiger charge is -2.21. The highest BCUT2D eigenvalue weighted by molar-refractivity contribution is 5.99. The van der Waals surface area contributed by atoms with Gasteiger partial charge >= 0.3 is 5.97 Å². The molecule has 46 heavy (non-hydrogen) atoms. The van der Waals surface area contributed by atoms with Crippen LogP contribution in [0.15, 0.2) is 79.1 Å². The van der Waals surface area contributed by atoms with Gasteiger partial charge in [-0.15, -0.1) is 0 Å². The molecule has 2 N–H and O–H groups in total. The van der Waals surface area contributed by atoms with E-state index in [9.17, 15) is 14.7 Å². The lowest BCUT2D eigenvalue weighted by molar-refractivity contribution is -0.139. The van der Waals surface area contributed by atoms with Gasteiger partial charge in [0, 0.05) is 29.9 Å². The van der Waals surface area contributed by atoms with Crippen molar-refractivity contribution in [2.24, 2.45) is 0 Å². The van der Waals surface area contributed by atoms with Crippen molar-refractivity contribution in [1.29, 1.82) is 0 Å². The molecule has 0 fully saturated rings.